The van der Waals surface area contributed by atoms with Crippen LogP contribution in [-0.4, -0.2) is 96.7 Å². The molecule has 0 aliphatic heterocycles. The topological polar surface area (TPSA) is 237 Å². The van der Waals surface area contributed by atoms with Crippen molar-refractivity contribution in [1.82, 2.24) is 0 Å². The van der Waals surface area contributed by atoms with Crippen molar-refractivity contribution >= 4 is 39.5 Å². The molecule has 0 saturated carbocycles. The van der Waals surface area contributed by atoms with Gasteiger partial charge in [0.1, 0.15) is 19.3 Å². The van der Waals surface area contributed by atoms with Gasteiger partial charge in [-0.15, -0.1) is 0 Å². The van der Waals surface area contributed by atoms with Crippen LogP contribution in [0.25, 0.3) is 0 Å². The molecule has 94 heavy (non-hydrogen) atoms. The highest BCUT2D eigenvalue weighted by molar-refractivity contribution is 7.47. The number of ether oxygens (including phenoxy) is 4. The van der Waals surface area contributed by atoms with Gasteiger partial charge in [0.2, 0.25) is 0 Å². The molecule has 19 heteroatoms. The Kier molecular flexibility index (Phi) is 64.7. The van der Waals surface area contributed by atoms with Crippen LogP contribution >= 0.6 is 15.6 Å². The van der Waals surface area contributed by atoms with Crippen LogP contribution in [0.5, 0.6) is 0 Å². The molecule has 0 amide bonds. The smallest absolute Gasteiger partial charge is 0.462 e. The Morgan fingerprint density at radius 2 is 0.606 bits per heavy atom. The summed E-state index contributed by atoms with van der Waals surface area (Å²) < 4.78 is 68.1. The highest BCUT2D eigenvalue weighted by Crippen LogP contribution is 2.45. The normalized spacial score (nSPS) is 14.6. The van der Waals surface area contributed by atoms with Gasteiger partial charge in [-0.3, -0.25) is 37.3 Å². The van der Waals surface area contributed by atoms with Gasteiger partial charge in [0.05, 0.1) is 32.8 Å². The van der Waals surface area contributed by atoms with Gasteiger partial charge in [0.15, 0.2) is 12.2 Å². The summed E-state index contributed by atoms with van der Waals surface area (Å²) in [5, 5.41) is 10.6. The predicted molar refractivity (Wildman–Crippen MR) is 381 cm³/mol. The Balaban J connectivity index is 5.39. The summed E-state index contributed by atoms with van der Waals surface area (Å²) in [6.07, 6.45) is 68.8. The lowest BCUT2D eigenvalue weighted by Gasteiger charge is -2.21. The first kappa shape index (κ1) is 90.0. The zero-order valence-electron chi connectivity index (χ0n) is 58.9. The van der Waals surface area contributed by atoms with E-state index >= 15 is 0 Å². The van der Waals surface area contributed by atoms with Crippen LogP contribution in [0.1, 0.15) is 297 Å². The molecule has 5 atom stereocenters. The van der Waals surface area contributed by atoms with E-state index in [0.717, 1.165) is 141 Å². The van der Waals surface area contributed by atoms with Gasteiger partial charge in [-0.1, -0.05) is 247 Å². The number of aliphatic hydroxyl groups is 1. The molecule has 0 radical (unpaired) electrons. The minimum atomic E-state index is -4.99. The second kappa shape index (κ2) is 67.5. The lowest BCUT2D eigenvalue weighted by atomic mass is 10.1. The maximum Gasteiger partial charge on any atom is 0.472 e. The lowest BCUT2D eigenvalue weighted by Crippen LogP contribution is -2.30. The summed E-state index contributed by atoms with van der Waals surface area (Å²) >= 11 is 0. The molecule has 0 fully saturated rings. The Morgan fingerprint density at radius 3 is 0.979 bits per heavy atom. The average Bonchev–Trinajstić information content (AvgIpc) is 1.55. The number of esters is 4. The van der Waals surface area contributed by atoms with E-state index in [4.69, 9.17) is 37.0 Å². The quantitative estimate of drug-likeness (QED) is 0.0169. The highest BCUT2D eigenvalue weighted by Gasteiger charge is 2.30. The molecular weight excluding hydrogens is 1230 g/mol. The van der Waals surface area contributed by atoms with Crippen LogP contribution in [0, 0.1) is 0 Å². The van der Waals surface area contributed by atoms with Gasteiger partial charge in [0, 0.05) is 19.3 Å². The highest BCUT2D eigenvalue weighted by atomic mass is 31.2. The standard InChI is InChI=1S/C75H130O17P2/c1-5-9-13-17-21-25-29-32-34-37-40-43-47-51-55-59-72(77)85-65-70(91-74(79)61-57-53-49-45-39-28-24-20-16-12-8-4)67-89-93(81,82)87-63-69(76)64-88-94(83,84)90-68-71(92-75(80)62-58-54-50-46-42-36-31-27-23-19-15-11-7-3)66-86-73(78)60-56-52-48-44-41-38-35-33-30-26-22-18-14-10-6-2/h10,14,20,22,24,26-27,31-35,41,44,52,56,69-71,76H,5-9,11-13,15-19,21,23,25,28-30,36-40,42-43,45-51,53-55,57-68H2,1-4H3,(H,81,82)(H,83,84)/b14-10-,24-20-,26-22-,31-27-,34-32-,35-33-,44-41-,56-52-. The van der Waals surface area contributed by atoms with Crippen LogP contribution in [0.4, 0.5) is 0 Å². The molecule has 0 aromatic rings. The van der Waals surface area contributed by atoms with Gasteiger partial charge in [-0.2, -0.15) is 0 Å². The zero-order valence-corrected chi connectivity index (χ0v) is 60.7. The van der Waals surface area contributed by atoms with Gasteiger partial charge in [-0.05, 0) is 122 Å². The lowest BCUT2D eigenvalue weighted by molar-refractivity contribution is -0.161. The maximum absolute atomic E-state index is 13.0. The third-order valence-corrected chi connectivity index (χ3v) is 16.9. The third kappa shape index (κ3) is 66.6. The van der Waals surface area contributed by atoms with Crippen LogP contribution in [0.3, 0.4) is 0 Å². The monoisotopic (exact) mass is 1360 g/mol. The first-order chi connectivity index (χ1) is 45.7. The number of aliphatic hydroxyl groups excluding tert-OH is 1. The molecule has 0 aromatic carbocycles. The number of hydrogen-bond donors (Lipinski definition) is 3. The van der Waals surface area contributed by atoms with E-state index in [1.165, 1.54) is 77.0 Å². The average molecular weight is 1370 g/mol. The Hall–Kier alpha value is -4.02. The van der Waals surface area contributed by atoms with E-state index in [9.17, 15) is 43.2 Å². The summed E-state index contributed by atoms with van der Waals surface area (Å²) in [4.78, 5) is 72.6. The number of phosphoric ester groups is 2. The van der Waals surface area contributed by atoms with Crippen LogP contribution in [0.2, 0.25) is 0 Å². The largest absolute Gasteiger partial charge is 0.472 e. The molecule has 0 spiro atoms. The summed E-state index contributed by atoms with van der Waals surface area (Å²) in [6.45, 7) is 4.55. The van der Waals surface area contributed by atoms with Crippen molar-refractivity contribution in [2.24, 2.45) is 0 Å². The minimum absolute atomic E-state index is 0.0651. The van der Waals surface area contributed by atoms with Crippen molar-refractivity contribution in [3.8, 4) is 0 Å². The number of hydrogen-bond acceptors (Lipinski definition) is 15. The fourth-order valence-corrected chi connectivity index (χ4v) is 11.0. The molecule has 3 N–H and O–H groups in total. The molecule has 0 aliphatic rings. The van der Waals surface area contributed by atoms with Crippen molar-refractivity contribution in [3.63, 3.8) is 0 Å². The van der Waals surface area contributed by atoms with Crippen molar-refractivity contribution < 1.29 is 80.2 Å². The van der Waals surface area contributed by atoms with Gasteiger partial charge in [-0.25, -0.2) is 9.13 Å². The van der Waals surface area contributed by atoms with E-state index in [2.05, 4.69) is 101 Å². The molecular formula is C75H130O17P2. The van der Waals surface area contributed by atoms with E-state index in [0.29, 0.717) is 25.7 Å². The summed E-state index contributed by atoms with van der Waals surface area (Å²) in [5.74, 6) is -2.35. The SMILES string of the molecule is CC/C=C\C/C=C\C/C=C\C/C=C\C/C=C\CC(=O)OCC(COP(=O)(O)OCC(O)COP(=O)(O)OCC(COC(=O)CCCCCCC/C=C\CCCCCCCC)OC(=O)CCCCCCC/C=C\CCCC)OC(=O)CCCCCCC/C=C\CCCCCC. The molecule has 0 rings (SSSR count). The fraction of sp³-hybridized carbons (Fsp3) is 0.733. The number of rotatable bonds is 68. The Labute approximate surface area is 569 Å². The Bertz CT molecular complexity index is 2170. The molecule has 0 bridgehead atoms. The predicted octanol–water partition coefficient (Wildman–Crippen LogP) is 20.4. The second-order valence-electron chi connectivity index (χ2n) is 24.2. The van der Waals surface area contributed by atoms with E-state index in [1.54, 1.807) is 6.08 Å². The van der Waals surface area contributed by atoms with Crippen LogP contribution in [-0.2, 0) is 65.4 Å². The molecule has 0 aromatic heterocycles. The van der Waals surface area contributed by atoms with Crippen LogP contribution in [0.15, 0.2) is 97.2 Å². The van der Waals surface area contributed by atoms with E-state index in [-0.39, 0.29) is 25.7 Å². The third-order valence-electron chi connectivity index (χ3n) is 15.0. The number of phosphoric acid groups is 2. The first-order valence-corrected chi connectivity index (χ1v) is 39.5. The van der Waals surface area contributed by atoms with Crippen molar-refractivity contribution in [2.45, 2.75) is 316 Å². The van der Waals surface area contributed by atoms with Gasteiger partial charge >= 0.3 is 39.5 Å². The Morgan fingerprint density at radius 1 is 0.319 bits per heavy atom. The summed E-state index contributed by atoms with van der Waals surface area (Å²) in [5.41, 5.74) is 0. The van der Waals surface area contributed by atoms with Gasteiger partial charge < -0.3 is 33.8 Å². The molecule has 0 saturated heterocycles. The second-order valence-corrected chi connectivity index (χ2v) is 27.1. The number of allylic oxidation sites excluding steroid dienone is 15. The van der Waals surface area contributed by atoms with Gasteiger partial charge in [0.25, 0.3) is 0 Å². The summed E-state index contributed by atoms with van der Waals surface area (Å²) in [6, 6.07) is 0. The van der Waals surface area contributed by atoms with E-state index in [1.807, 2.05) is 18.2 Å². The maximum atomic E-state index is 13.0. The molecule has 542 valence electrons. The number of carbonyl (C=O) groups excluding carboxylic acids is 4. The molecule has 0 heterocycles. The summed E-state index contributed by atoms with van der Waals surface area (Å²) in [7, 11) is -9.97. The molecule has 0 aliphatic carbocycles. The number of unbranched alkanes of at least 4 members (excludes halogenated alkanes) is 27. The van der Waals surface area contributed by atoms with Crippen LogP contribution < -0.4 is 0 Å². The van der Waals surface area contributed by atoms with Crippen molar-refractivity contribution in [2.75, 3.05) is 39.6 Å². The van der Waals surface area contributed by atoms with Crippen molar-refractivity contribution in [3.05, 3.63) is 97.2 Å². The van der Waals surface area contributed by atoms with Crippen molar-refractivity contribution in [1.29, 1.82) is 0 Å². The fourth-order valence-electron chi connectivity index (χ4n) is 9.44. The first-order valence-electron chi connectivity index (χ1n) is 36.5. The van der Waals surface area contributed by atoms with E-state index < -0.39 is 97.5 Å². The molecule has 5 unspecified atom stereocenters. The number of carbonyl (C=O) groups is 4. The molecule has 17 nitrogen and oxygen atoms in total. The zero-order chi connectivity index (χ0) is 69.0. The minimum Gasteiger partial charge on any atom is -0.462 e.